The molecule has 80 valence electrons. The predicted octanol–water partition coefficient (Wildman–Crippen LogP) is 2.80. The first kappa shape index (κ1) is 10.3. The molecule has 1 aliphatic rings. The molecule has 0 amide bonds. The summed E-state index contributed by atoms with van der Waals surface area (Å²) in [6.45, 7) is 4.37. The zero-order valence-electron chi connectivity index (χ0n) is 9.42. The van der Waals surface area contributed by atoms with Gasteiger partial charge in [0, 0.05) is 17.7 Å². The standard InChI is InChI=1S/C13H17NO/c1-9(2)8-10-6-7-11-12(14-10)4-3-5-13(11)15/h6-7,9H,3-5,8H2,1-2H3. The molecular formula is C13H17NO. The van der Waals surface area contributed by atoms with Crippen molar-refractivity contribution in [2.24, 2.45) is 5.92 Å². The number of hydrogen-bond acceptors (Lipinski definition) is 2. The maximum atomic E-state index is 11.6. The van der Waals surface area contributed by atoms with E-state index in [9.17, 15) is 4.79 Å². The molecule has 0 unspecified atom stereocenters. The Kier molecular flexibility index (Phi) is 2.85. The monoisotopic (exact) mass is 203 g/mol. The number of rotatable bonds is 2. The van der Waals surface area contributed by atoms with Gasteiger partial charge in [-0.05, 0) is 37.3 Å². The number of fused-ring (bicyclic) bond motifs is 1. The van der Waals surface area contributed by atoms with Crippen LogP contribution >= 0.6 is 0 Å². The number of ketones is 1. The van der Waals surface area contributed by atoms with Gasteiger partial charge in [-0.2, -0.15) is 0 Å². The van der Waals surface area contributed by atoms with Crippen LogP contribution in [0.1, 0.15) is 48.4 Å². The van der Waals surface area contributed by atoms with Gasteiger partial charge in [0.2, 0.25) is 0 Å². The molecule has 2 rings (SSSR count). The number of carbonyl (C=O) groups is 1. The average Bonchev–Trinajstić information content (AvgIpc) is 2.17. The van der Waals surface area contributed by atoms with Gasteiger partial charge in [0.15, 0.2) is 5.78 Å². The van der Waals surface area contributed by atoms with Gasteiger partial charge < -0.3 is 0 Å². The molecule has 1 heterocycles. The molecule has 0 spiro atoms. The van der Waals surface area contributed by atoms with Crippen LogP contribution in [0.5, 0.6) is 0 Å². The number of hydrogen-bond donors (Lipinski definition) is 0. The minimum Gasteiger partial charge on any atom is -0.294 e. The van der Waals surface area contributed by atoms with Crippen molar-refractivity contribution >= 4 is 5.78 Å². The minimum absolute atomic E-state index is 0.264. The SMILES string of the molecule is CC(C)Cc1ccc2c(n1)CCCC2=O. The zero-order chi connectivity index (χ0) is 10.8. The first-order valence-electron chi connectivity index (χ1n) is 5.69. The van der Waals surface area contributed by atoms with Crippen molar-refractivity contribution in [3.8, 4) is 0 Å². The van der Waals surface area contributed by atoms with Crippen molar-refractivity contribution in [3.05, 3.63) is 29.1 Å². The molecule has 0 saturated heterocycles. The quantitative estimate of drug-likeness (QED) is 0.739. The van der Waals surface area contributed by atoms with E-state index in [0.717, 1.165) is 36.2 Å². The molecule has 1 aromatic rings. The highest BCUT2D eigenvalue weighted by molar-refractivity contribution is 5.97. The van der Waals surface area contributed by atoms with Crippen LogP contribution in [-0.2, 0) is 12.8 Å². The normalized spacial score (nSPS) is 15.5. The molecule has 0 N–H and O–H groups in total. The number of nitrogens with zero attached hydrogens (tertiary/aromatic N) is 1. The number of carbonyl (C=O) groups excluding carboxylic acids is 1. The predicted molar refractivity (Wildman–Crippen MR) is 60.0 cm³/mol. The van der Waals surface area contributed by atoms with Crippen molar-refractivity contribution in [1.82, 2.24) is 4.98 Å². The largest absolute Gasteiger partial charge is 0.294 e. The molecule has 2 heteroatoms. The van der Waals surface area contributed by atoms with E-state index < -0.39 is 0 Å². The molecule has 1 aromatic heterocycles. The third-order valence-corrected chi connectivity index (χ3v) is 2.77. The lowest BCUT2D eigenvalue weighted by Gasteiger charge is -2.15. The second-order valence-corrected chi connectivity index (χ2v) is 4.67. The molecule has 0 saturated carbocycles. The van der Waals surface area contributed by atoms with Crippen molar-refractivity contribution < 1.29 is 4.79 Å². The topological polar surface area (TPSA) is 30.0 Å². The Labute approximate surface area is 90.7 Å². The van der Waals surface area contributed by atoms with E-state index in [0.29, 0.717) is 12.3 Å². The Balaban J connectivity index is 2.29. The lowest BCUT2D eigenvalue weighted by Crippen LogP contribution is -2.13. The molecular weight excluding hydrogens is 186 g/mol. The number of Topliss-reactive ketones (excluding diaryl/α,β-unsaturated/α-hetero) is 1. The van der Waals surface area contributed by atoms with Crippen LogP contribution in [0.2, 0.25) is 0 Å². The highest BCUT2D eigenvalue weighted by Gasteiger charge is 2.18. The average molecular weight is 203 g/mol. The van der Waals surface area contributed by atoms with Crippen LogP contribution < -0.4 is 0 Å². The molecule has 0 aromatic carbocycles. The molecule has 2 nitrogen and oxygen atoms in total. The first-order valence-corrected chi connectivity index (χ1v) is 5.69. The van der Waals surface area contributed by atoms with Gasteiger partial charge in [-0.1, -0.05) is 13.8 Å². The van der Waals surface area contributed by atoms with Gasteiger partial charge in [0.05, 0.1) is 5.69 Å². The Hall–Kier alpha value is -1.18. The summed E-state index contributed by atoms with van der Waals surface area (Å²) in [5.74, 6) is 0.884. The fraction of sp³-hybridized carbons (Fsp3) is 0.538. The third kappa shape index (κ3) is 2.25. The maximum absolute atomic E-state index is 11.6. The number of pyridine rings is 1. The summed E-state index contributed by atoms with van der Waals surface area (Å²) in [5.41, 5.74) is 3.00. The smallest absolute Gasteiger partial charge is 0.164 e. The van der Waals surface area contributed by atoms with Gasteiger partial charge in [-0.3, -0.25) is 9.78 Å². The van der Waals surface area contributed by atoms with Crippen molar-refractivity contribution in [3.63, 3.8) is 0 Å². The summed E-state index contributed by atoms with van der Waals surface area (Å²) in [6.07, 6.45) is 3.62. The summed E-state index contributed by atoms with van der Waals surface area (Å²) in [5, 5.41) is 0. The fourth-order valence-electron chi connectivity index (χ4n) is 2.07. The van der Waals surface area contributed by atoms with Crippen LogP contribution in [-0.4, -0.2) is 10.8 Å². The van der Waals surface area contributed by atoms with Crippen LogP contribution in [0.15, 0.2) is 12.1 Å². The lowest BCUT2D eigenvalue weighted by molar-refractivity contribution is 0.0971. The Morgan fingerprint density at radius 1 is 1.33 bits per heavy atom. The van der Waals surface area contributed by atoms with E-state index in [4.69, 9.17) is 0 Å². The van der Waals surface area contributed by atoms with Crippen molar-refractivity contribution in [1.29, 1.82) is 0 Å². The van der Waals surface area contributed by atoms with E-state index in [1.165, 1.54) is 0 Å². The van der Waals surface area contributed by atoms with Crippen LogP contribution in [0.4, 0.5) is 0 Å². The second-order valence-electron chi connectivity index (χ2n) is 4.67. The van der Waals surface area contributed by atoms with E-state index in [2.05, 4.69) is 18.8 Å². The molecule has 0 atom stereocenters. The molecule has 15 heavy (non-hydrogen) atoms. The van der Waals surface area contributed by atoms with Crippen LogP contribution in [0, 0.1) is 5.92 Å². The van der Waals surface area contributed by atoms with Crippen molar-refractivity contribution in [2.45, 2.75) is 39.5 Å². The summed E-state index contributed by atoms with van der Waals surface area (Å²) < 4.78 is 0. The van der Waals surface area contributed by atoms with Gasteiger partial charge >= 0.3 is 0 Å². The van der Waals surface area contributed by atoms with Crippen LogP contribution in [0.25, 0.3) is 0 Å². The van der Waals surface area contributed by atoms with E-state index in [1.54, 1.807) is 0 Å². The Bertz CT molecular complexity index is 382. The highest BCUT2D eigenvalue weighted by atomic mass is 16.1. The summed E-state index contributed by atoms with van der Waals surface area (Å²) >= 11 is 0. The zero-order valence-corrected chi connectivity index (χ0v) is 9.42. The lowest BCUT2D eigenvalue weighted by atomic mass is 9.94. The van der Waals surface area contributed by atoms with Crippen LogP contribution in [0.3, 0.4) is 0 Å². The molecule has 0 bridgehead atoms. The Morgan fingerprint density at radius 3 is 2.87 bits per heavy atom. The van der Waals surface area contributed by atoms with E-state index in [-0.39, 0.29) is 5.78 Å². The Morgan fingerprint density at radius 2 is 2.13 bits per heavy atom. The first-order chi connectivity index (χ1) is 7.16. The van der Waals surface area contributed by atoms with Gasteiger partial charge in [-0.25, -0.2) is 0 Å². The van der Waals surface area contributed by atoms with Crippen molar-refractivity contribution in [2.75, 3.05) is 0 Å². The summed E-state index contributed by atoms with van der Waals surface area (Å²) in [7, 11) is 0. The minimum atomic E-state index is 0.264. The second kappa shape index (κ2) is 4.13. The third-order valence-electron chi connectivity index (χ3n) is 2.77. The van der Waals surface area contributed by atoms with Gasteiger partial charge in [0.25, 0.3) is 0 Å². The summed E-state index contributed by atoms with van der Waals surface area (Å²) in [6, 6.07) is 3.96. The number of aromatic nitrogens is 1. The molecule has 0 aliphatic heterocycles. The summed E-state index contributed by atoms with van der Waals surface area (Å²) in [4.78, 5) is 16.2. The van der Waals surface area contributed by atoms with E-state index in [1.807, 2.05) is 12.1 Å². The maximum Gasteiger partial charge on any atom is 0.164 e. The number of aryl methyl sites for hydroxylation is 1. The fourth-order valence-corrected chi connectivity index (χ4v) is 2.07. The molecule has 0 radical (unpaired) electrons. The highest BCUT2D eigenvalue weighted by Crippen LogP contribution is 2.20. The molecule has 0 fully saturated rings. The van der Waals surface area contributed by atoms with E-state index >= 15 is 0 Å². The van der Waals surface area contributed by atoms with Gasteiger partial charge in [0.1, 0.15) is 0 Å². The van der Waals surface area contributed by atoms with Gasteiger partial charge in [-0.15, -0.1) is 0 Å². The molecule has 1 aliphatic carbocycles.